The van der Waals surface area contributed by atoms with Crippen LogP contribution >= 0.6 is 15.9 Å². The number of benzene rings is 4. The lowest BCUT2D eigenvalue weighted by Gasteiger charge is -2.36. The normalized spacial score (nSPS) is 14.2. The molecular formula is C33H23BrN6O3. The maximum absolute atomic E-state index is 14.1. The molecule has 3 heterocycles. The van der Waals surface area contributed by atoms with Crippen molar-refractivity contribution in [3.8, 4) is 0 Å². The van der Waals surface area contributed by atoms with Gasteiger partial charge in [0.1, 0.15) is 0 Å². The summed E-state index contributed by atoms with van der Waals surface area (Å²) in [5, 5.41) is 3.21. The van der Waals surface area contributed by atoms with E-state index in [1.54, 1.807) is 52.4 Å². The summed E-state index contributed by atoms with van der Waals surface area (Å²) in [7, 11) is 0. The monoisotopic (exact) mass is 630 g/mol. The summed E-state index contributed by atoms with van der Waals surface area (Å²) in [4.78, 5) is 53.7. The number of carbonyl (C=O) groups excluding carboxylic acids is 3. The predicted octanol–water partition coefficient (Wildman–Crippen LogP) is 7.06. The number of para-hydroxylation sites is 2. The lowest BCUT2D eigenvalue weighted by atomic mass is 10.1. The third-order valence-electron chi connectivity index (χ3n) is 7.39. The zero-order valence-electron chi connectivity index (χ0n) is 22.6. The van der Waals surface area contributed by atoms with E-state index in [2.05, 4.69) is 26.2 Å². The second-order valence-electron chi connectivity index (χ2n) is 10.1. The van der Waals surface area contributed by atoms with Gasteiger partial charge in [0.15, 0.2) is 5.82 Å². The van der Waals surface area contributed by atoms with Crippen LogP contribution in [0.15, 0.2) is 114 Å². The van der Waals surface area contributed by atoms with E-state index < -0.39 is 0 Å². The molecule has 0 saturated heterocycles. The van der Waals surface area contributed by atoms with E-state index >= 15 is 0 Å². The van der Waals surface area contributed by atoms with Crippen molar-refractivity contribution in [3.05, 3.63) is 136 Å². The lowest BCUT2D eigenvalue weighted by Crippen LogP contribution is -2.45. The summed E-state index contributed by atoms with van der Waals surface area (Å²) in [5.41, 5.74) is 4.46. The fraction of sp³-hybridized carbons (Fsp3) is 0.0606. The number of fused-ring (bicyclic) bond motifs is 2. The molecule has 43 heavy (non-hydrogen) atoms. The van der Waals surface area contributed by atoms with E-state index in [-0.39, 0.29) is 30.9 Å². The fourth-order valence-electron chi connectivity index (χ4n) is 5.27. The van der Waals surface area contributed by atoms with Crippen LogP contribution in [0, 0.1) is 0 Å². The molecule has 7 rings (SSSR count). The number of urea groups is 1. The van der Waals surface area contributed by atoms with Gasteiger partial charge >= 0.3 is 6.03 Å². The van der Waals surface area contributed by atoms with Crippen molar-refractivity contribution < 1.29 is 14.4 Å². The molecule has 10 heteroatoms. The third kappa shape index (κ3) is 4.81. The Morgan fingerprint density at radius 2 is 1.42 bits per heavy atom. The van der Waals surface area contributed by atoms with Gasteiger partial charge in [0, 0.05) is 21.9 Å². The van der Waals surface area contributed by atoms with E-state index in [9.17, 15) is 14.4 Å². The number of imide groups is 1. The minimum absolute atomic E-state index is 0.119. The van der Waals surface area contributed by atoms with Crippen LogP contribution in [0.3, 0.4) is 0 Å². The molecule has 1 N–H and O–H groups in total. The highest BCUT2D eigenvalue weighted by Crippen LogP contribution is 2.38. The number of nitrogens with zero attached hydrogens (tertiary/aromatic N) is 5. The summed E-state index contributed by atoms with van der Waals surface area (Å²) in [6, 6.07) is 30.9. The molecule has 1 aromatic heterocycles. The molecule has 4 amide bonds. The van der Waals surface area contributed by atoms with Gasteiger partial charge in [-0.15, -0.1) is 0 Å². The predicted molar refractivity (Wildman–Crippen MR) is 167 cm³/mol. The van der Waals surface area contributed by atoms with Gasteiger partial charge < -0.3 is 5.32 Å². The number of hydrogen-bond donors (Lipinski definition) is 1. The number of rotatable bonds is 6. The molecule has 0 fully saturated rings. The van der Waals surface area contributed by atoms with Crippen molar-refractivity contribution in [2.75, 3.05) is 15.1 Å². The summed E-state index contributed by atoms with van der Waals surface area (Å²) in [6.07, 6.45) is 1.73. The summed E-state index contributed by atoms with van der Waals surface area (Å²) < 4.78 is 0.784. The minimum atomic E-state index is -0.316. The number of amides is 4. The highest BCUT2D eigenvalue weighted by Gasteiger charge is 2.36. The second kappa shape index (κ2) is 10.8. The van der Waals surface area contributed by atoms with Crippen molar-refractivity contribution in [1.29, 1.82) is 0 Å². The van der Waals surface area contributed by atoms with Crippen LogP contribution in [0.4, 0.5) is 33.6 Å². The van der Waals surface area contributed by atoms with E-state index in [4.69, 9.17) is 4.98 Å². The average molecular weight is 631 g/mol. The summed E-state index contributed by atoms with van der Waals surface area (Å²) in [6.45, 7) is 0.407. The molecule has 2 aliphatic rings. The Labute approximate surface area is 255 Å². The molecule has 0 bridgehead atoms. The maximum Gasteiger partial charge on any atom is 0.335 e. The van der Waals surface area contributed by atoms with Crippen LogP contribution in [0.2, 0.25) is 0 Å². The Bertz CT molecular complexity index is 1860. The SMILES string of the molecule is O=C1c2ccccc2C(=O)N1Cc1ccc(N2C(=O)N(c3ccccc3Br)Cc3cnc(Nc4ccccc4)nc32)cc1. The first kappa shape index (κ1) is 26.5. The molecule has 0 radical (unpaired) electrons. The van der Waals surface area contributed by atoms with Gasteiger partial charge in [-0.2, -0.15) is 4.98 Å². The number of aromatic nitrogens is 2. The largest absolute Gasteiger partial charge is 0.335 e. The van der Waals surface area contributed by atoms with Crippen LogP contribution in [0.1, 0.15) is 31.8 Å². The number of anilines is 5. The van der Waals surface area contributed by atoms with Crippen molar-refractivity contribution >= 4 is 62.6 Å². The maximum atomic E-state index is 14.1. The Morgan fingerprint density at radius 3 is 2.12 bits per heavy atom. The van der Waals surface area contributed by atoms with Gasteiger partial charge in [0.25, 0.3) is 11.8 Å². The van der Waals surface area contributed by atoms with Crippen LogP contribution in [0.5, 0.6) is 0 Å². The Hall–Kier alpha value is -5.35. The van der Waals surface area contributed by atoms with Crippen molar-refractivity contribution in [1.82, 2.24) is 14.9 Å². The molecule has 0 atom stereocenters. The zero-order chi connectivity index (χ0) is 29.5. The van der Waals surface area contributed by atoms with Gasteiger partial charge in [-0.25, -0.2) is 14.7 Å². The molecule has 5 aromatic rings. The molecule has 2 aliphatic heterocycles. The minimum Gasteiger partial charge on any atom is -0.324 e. The molecular weight excluding hydrogens is 608 g/mol. The molecule has 0 spiro atoms. The first-order valence-electron chi connectivity index (χ1n) is 13.6. The van der Waals surface area contributed by atoms with Crippen molar-refractivity contribution in [2.24, 2.45) is 0 Å². The number of hydrogen-bond acceptors (Lipinski definition) is 6. The van der Waals surface area contributed by atoms with Gasteiger partial charge in [-0.1, -0.05) is 54.6 Å². The van der Waals surface area contributed by atoms with Crippen molar-refractivity contribution in [2.45, 2.75) is 13.1 Å². The molecule has 210 valence electrons. The number of nitrogens with one attached hydrogen (secondary N) is 1. The van der Waals surface area contributed by atoms with E-state index in [0.717, 1.165) is 27.0 Å². The Morgan fingerprint density at radius 1 is 0.767 bits per heavy atom. The van der Waals surface area contributed by atoms with Crippen LogP contribution < -0.4 is 15.1 Å². The lowest BCUT2D eigenvalue weighted by molar-refractivity contribution is 0.0642. The van der Waals surface area contributed by atoms with Crippen LogP contribution in [0.25, 0.3) is 0 Å². The smallest absolute Gasteiger partial charge is 0.324 e. The Kier molecular flexibility index (Phi) is 6.67. The first-order valence-corrected chi connectivity index (χ1v) is 14.4. The van der Waals surface area contributed by atoms with Crippen LogP contribution in [-0.4, -0.2) is 32.7 Å². The van der Waals surface area contributed by atoms with Gasteiger partial charge in [0.05, 0.1) is 35.6 Å². The molecule has 9 nitrogen and oxygen atoms in total. The third-order valence-corrected chi connectivity index (χ3v) is 8.06. The number of halogens is 1. The van der Waals surface area contributed by atoms with Crippen molar-refractivity contribution in [3.63, 3.8) is 0 Å². The summed E-state index contributed by atoms with van der Waals surface area (Å²) in [5.74, 6) is 0.197. The Balaban J connectivity index is 1.23. The van der Waals surface area contributed by atoms with Gasteiger partial charge in [-0.3, -0.25) is 19.4 Å². The molecule has 0 aliphatic carbocycles. The van der Waals surface area contributed by atoms with E-state index in [1.807, 2.05) is 66.7 Å². The van der Waals surface area contributed by atoms with E-state index in [1.165, 1.54) is 4.90 Å². The van der Waals surface area contributed by atoms with Gasteiger partial charge in [-0.05, 0) is 70.0 Å². The zero-order valence-corrected chi connectivity index (χ0v) is 24.2. The highest BCUT2D eigenvalue weighted by atomic mass is 79.9. The molecule has 4 aromatic carbocycles. The highest BCUT2D eigenvalue weighted by molar-refractivity contribution is 9.10. The summed E-state index contributed by atoms with van der Waals surface area (Å²) >= 11 is 3.58. The second-order valence-corrected chi connectivity index (χ2v) is 11.0. The average Bonchev–Trinajstić information content (AvgIpc) is 3.27. The molecule has 0 unspecified atom stereocenters. The standard InChI is InChI=1S/C33H23BrN6O3/c34-27-12-6-7-13-28(27)38-20-22-18-35-32(36-23-8-2-1-3-9-23)37-29(22)40(33(38)43)24-16-14-21(15-17-24)19-39-30(41)25-10-4-5-11-26(25)31(39)42/h1-18H,19-20H2,(H,35,36,37). The quantitative estimate of drug-likeness (QED) is 0.202. The number of carbonyl (C=O) groups is 3. The van der Waals surface area contributed by atoms with Gasteiger partial charge in [0.2, 0.25) is 5.95 Å². The van der Waals surface area contributed by atoms with E-state index in [0.29, 0.717) is 28.6 Å². The first-order chi connectivity index (χ1) is 21.0. The fourth-order valence-corrected chi connectivity index (χ4v) is 5.77. The molecule has 0 saturated carbocycles. The van der Waals surface area contributed by atoms with Crippen LogP contribution in [-0.2, 0) is 13.1 Å². The topological polar surface area (TPSA) is 98.7 Å².